The van der Waals surface area contributed by atoms with Crippen LogP contribution in [0.3, 0.4) is 0 Å². The predicted octanol–water partition coefficient (Wildman–Crippen LogP) is 4.57. The van der Waals surface area contributed by atoms with Gasteiger partial charge in [0.25, 0.3) is 5.91 Å². The summed E-state index contributed by atoms with van der Waals surface area (Å²) in [5.74, 6) is -0.0961. The Hall–Kier alpha value is -2.86. The van der Waals surface area contributed by atoms with E-state index in [1.807, 2.05) is 72.8 Å². The Bertz CT molecular complexity index is 1140. The summed E-state index contributed by atoms with van der Waals surface area (Å²) in [6.45, 7) is 0.770. The minimum Gasteiger partial charge on any atom is -0.399 e. The second-order valence-corrected chi connectivity index (χ2v) is 9.21. The molecule has 5 rings (SSSR count). The third-order valence-corrected chi connectivity index (χ3v) is 6.84. The van der Waals surface area contributed by atoms with Crippen molar-refractivity contribution in [3.63, 3.8) is 0 Å². The summed E-state index contributed by atoms with van der Waals surface area (Å²) in [6, 6.07) is 22.5. The number of nitrogens with two attached hydrogens (primary N) is 1. The molecule has 1 heterocycles. The van der Waals surface area contributed by atoms with E-state index in [4.69, 9.17) is 22.1 Å². The lowest BCUT2D eigenvalue weighted by atomic mass is 9.92. The second-order valence-electron chi connectivity index (χ2n) is 8.78. The molecule has 2 aliphatic rings. The Morgan fingerprint density at radius 3 is 2.34 bits per heavy atom. The van der Waals surface area contributed by atoms with E-state index in [1.165, 1.54) is 0 Å². The van der Waals surface area contributed by atoms with Gasteiger partial charge in [-0.3, -0.25) is 9.69 Å². The number of aliphatic hydroxyl groups is 1. The van der Waals surface area contributed by atoms with Gasteiger partial charge < -0.3 is 15.6 Å². The normalized spacial score (nSPS) is 20.9. The molecule has 0 bridgehead atoms. The number of carbonyl (C=O) groups excluding carboxylic acids is 1. The summed E-state index contributed by atoms with van der Waals surface area (Å²) in [5, 5.41) is 10.5. The Labute approximate surface area is 192 Å². The number of halogens is 1. The van der Waals surface area contributed by atoms with E-state index in [2.05, 4.69) is 0 Å². The molecular formula is C26H25ClN2O3. The van der Waals surface area contributed by atoms with E-state index in [1.54, 1.807) is 4.90 Å². The smallest absolute Gasteiger partial charge is 0.257 e. The highest BCUT2D eigenvalue weighted by atomic mass is 35.5. The fraction of sp³-hybridized carbons (Fsp3) is 0.269. The van der Waals surface area contributed by atoms with Crippen molar-refractivity contribution in [1.82, 2.24) is 4.90 Å². The van der Waals surface area contributed by atoms with E-state index in [0.717, 1.165) is 29.5 Å². The molecule has 1 saturated carbocycles. The number of anilines is 1. The summed E-state index contributed by atoms with van der Waals surface area (Å²) in [7, 11) is 0. The number of ether oxygens (including phenoxy) is 1. The lowest BCUT2D eigenvalue weighted by Crippen LogP contribution is -2.47. The molecule has 32 heavy (non-hydrogen) atoms. The first kappa shape index (κ1) is 21.0. The zero-order valence-corrected chi connectivity index (χ0v) is 18.4. The van der Waals surface area contributed by atoms with Crippen LogP contribution in [0, 0.1) is 5.41 Å². The number of nitrogens with zero attached hydrogens (tertiary/aromatic N) is 1. The molecule has 3 aromatic carbocycles. The zero-order chi connectivity index (χ0) is 22.3. The summed E-state index contributed by atoms with van der Waals surface area (Å²) in [5.41, 5.74) is 8.37. The molecule has 0 spiro atoms. The Balaban J connectivity index is 1.65. The Morgan fingerprint density at radius 1 is 1.00 bits per heavy atom. The van der Waals surface area contributed by atoms with Gasteiger partial charge in [-0.2, -0.15) is 0 Å². The molecule has 1 aliphatic carbocycles. The molecule has 1 unspecified atom stereocenters. The van der Waals surface area contributed by atoms with Gasteiger partial charge in [-0.15, -0.1) is 0 Å². The highest BCUT2D eigenvalue weighted by Gasteiger charge is 2.54. The number of amides is 1. The van der Waals surface area contributed by atoms with Gasteiger partial charge in [-0.1, -0.05) is 54.1 Å². The van der Waals surface area contributed by atoms with Crippen molar-refractivity contribution in [1.29, 1.82) is 0 Å². The van der Waals surface area contributed by atoms with E-state index < -0.39 is 5.72 Å². The first-order chi connectivity index (χ1) is 15.5. The molecule has 0 saturated heterocycles. The number of benzene rings is 3. The van der Waals surface area contributed by atoms with E-state index >= 15 is 0 Å². The van der Waals surface area contributed by atoms with Crippen LogP contribution in [-0.2, 0) is 17.0 Å². The van der Waals surface area contributed by atoms with Crippen molar-refractivity contribution in [2.45, 2.75) is 25.1 Å². The van der Waals surface area contributed by atoms with Crippen LogP contribution in [0.15, 0.2) is 72.8 Å². The van der Waals surface area contributed by atoms with Gasteiger partial charge >= 0.3 is 0 Å². The van der Waals surface area contributed by atoms with E-state index in [-0.39, 0.29) is 17.9 Å². The van der Waals surface area contributed by atoms with Crippen LogP contribution in [-0.4, -0.2) is 29.1 Å². The van der Waals surface area contributed by atoms with E-state index in [9.17, 15) is 9.90 Å². The van der Waals surface area contributed by atoms with Gasteiger partial charge in [0.2, 0.25) is 0 Å². The summed E-state index contributed by atoms with van der Waals surface area (Å²) in [4.78, 5) is 15.5. The van der Waals surface area contributed by atoms with Gasteiger partial charge in [0.1, 0.15) is 0 Å². The van der Waals surface area contributed by atoms with Gasteiger partial charge in [-0.05, 0) is 48.7 Å². The lowest BCUT2D eigenvalue weighted by molar-refractivity contribution is -0.128. The van der Waals surface area contributed by atoms with Crippen molar-refractivity contribution in [3.05, 3.63) is 100 Å². The molecule has 5 nitrogen and oxygen atoms in total. The molecule has 1 atom stereocenters. The van der Waals surface area contributed by atoms with E-state index in [0.29, 0.717) is 29.4 Å². The van der Waals surface area contributed by atoms with Gasteiger partial charge in [0.15, 0.2) is 5.72 Å². The summed E-state index contributed by atoms with van der Waals surface area (Å²) in [6.07, 6.45) is 1.82. The lowest BCUT2D eigenvalue weighted by Gasteiger charge is -2.40. The molecule has 3 aromatic rings. The number of hydrogen-bond donors (Lipinski definition) is 2. The first-order valence-electron chi connectivity index (χ1n) is 10.7. The van der Waals surface area contributed by atoms with Crippen LogP contribution >= 0.6 is 11.6 Å². The highest BCUT2D eigenvalue weighted by molar-refractivity contribution is 6.30. The highest BCUT2D eigenvalue weighted by Crippen LogP contribution is 2.51. The van der Waals surface area contributed by atoms with Crippen LogP contribution in [0.5, 0.6) is 0 Å². The maximum absolute atomic E-state index is 13.7. The topological polar surface area (TPSA) is 75.8 Å². The fourth-order valence-electron chi connectivity index (χ4n) is 4.40. The van der Waals surface area contributed by atoms with Crippen molar-refractivity contribution in [2.24, 2.45) is 5.41 Å². The third-order valence-electron chi connectivity index (χ3n) is 6.58. The van der Waals surface area contributed by atoms with Crippen LogP contribution in [0.4, 0.5) is 5.69 Å². The first-order valence-corrected chi connectivity index (χ1v) is 11.1. The molecule has 6 heteroatoms. The predicted molar refractivity (Wildman–Crippen MR) is 124 cm³/mol. The number of carbonyl (C=O) groups is 1. The maximum Gasteiger partial charge on any atom is 0.257 e. The van der Waals surface area contributed by atoms with Crippen molar-refractivity contribution < 1.29 is 14.6 Å². The van der Waals surface area contributed by atoms with Crippen LogP contribution in [0.1, 0.15) is 39.9 Å². The maximum atomic E-state index is 13.7. The van der Waals surface area contributed by atoms with Gasteiger partial charge in [0.05, 0.1) is 13.2 Å². The summed E-state index contributed by atoms with van der Waals surface area (Å²) < 4.78 is 6.72. The molecule has 3 N–H and O–H groups in total. The Kier molecular flexibility index (Phi) is 5.20. The average molecular weight is 449 g/mol. The number of fused-ring (bicyclic) bond motifs is 1. The van der Waals surface area contributed by atoms with Crippen molar-refractivity contribution >= 4 is 23.2 Å². The SMILES string of the molecule is Nc1ccc(CN2C(=O)c3ccccc3C2(OCC2(CO)CC2)c2ccc(Cl)cc2)cc1. The molecule has 1 amide bonds. The second kappa shape index (κ2) is 7.93. The van der Waals surface area contributed by atoms with Gasteiger partial charge in [0, 0.05) is 39.4 Å². The molecule has 0 radical (unpaired) electrons. The molecule has 1 fully saturated rings. The Morgan fingerprint density at radius 2 is 1.69 bits per heavy atom. The van der Waals surface area contributed by atoms with Crippen LogP contribution < -0.4 is 5.73 Å². The van der Waals surface area contributed by atoms with Crippen LogP contribution in [0.2, 0.25) is 5.02 Å². The molecule has 0 aromatic heterocycles. The fourth-order valence-corrected chi connectivity index (χ4v) is 4.52. The van der Waals surface area contributed by atoms with Gasteiger partial charge in [-0.25, -0.2) is 0 Å². The third kappa shape index (κ3) is 3.47. The monoisotopic (exact) mass is 448 g/mol. The summed E-state index contributed by atoms with van der Waals surface area (Å²) >= 11 is 6.19. The number of rotatable bonds is 7. The minimum atomic E-state index is -1.12. The van der Waals surface area contributed by atoms with Crippen LogP contribution in [0.25, 0.3) is 0 Å². The molecule has 1 aliphatic heterocycles. The zero-order valence-electron chi connectivity index (χ0n) is 17.6. The molecular weight excluding hydrogens is 424 g/mol. The molecule has 164 valence electrons. The number of hydrogen-bond acceptors (Lipinski definition) is 4. The number of nitrogen functional groups attached to an aromatic ring is 1. The number of aliphatic hydroxyl groups excluding tert-OH is 1. The van der Waals surface area contributed by atoms with Crippen molar-refractivity contribution in [3.8, 4) is 0 Å². The quantitative estimate of drug-likeness (QED) is 0.519. The average Bonchev–Trinajstić information content (AvgIpc) is 3.56. The minimum absolute atomic E-state index is 0.0667. The van der Waals surface area contributed by atoms with Crippen molar-refractivity contribution in [2.75, 3.05) is 18.9 Å². The largest absolute Gasteiger partial charge is 0.399 e. The standard InChI is InChI=1S/C26H25ClN2O3/c27-20-9-7-19(8-10-20)26(32-17-25(16-30)13-14-25)23-4-2-1-3-22(23)24(31)29(26)15-18-5-11-21(28)12-6-18/h1-12,30H,13-17,28H2.